The Bertz CT molecular complexity index is 848. The second-order valence-electron chi connectivity index (χ2n) is 9.25. The molecule has 6 rings (SSSR count). The van der Waals surface area contributed by atoms with E-state index in [0.29, 0.717) is 12.3 Å². The van der Waals surface area contributed by atoms with Crippen LogP contribution < -0.4 is 5.32 Å². The summed E-state index contributed by atoms with van der Waals surface area (Å²) in [5.74, 6) is -0.257. The maximum atomic E-state index is 12.6. The van der Waals surface area contributed by atoms with Crippen molar-refractivity contribution >= 4 is 11.7 Å². The zero-order chi connectivity index (χ0) is 19.8. The van der Waals surface area contributed by atoms with Crippen LogP contribution in [0, 0.1) is 17.8 Å². The Morgan fingerprint density at radius 3 is 3.03 bits per heavy atom. The molecule has 0 unspecified atom stereocenters. The van der Waals surface area contributed by atoms with Crippen LogP contribution in [0.5, 0.6) is 0 Å². The SMILES string of the molecule is COC(=O)[C@@H]1[C@H]2C[C@@H]3N(CC[C@@]45OCO[C@@]34Nc3ccccc35)C[C@@H]2CC[C@@H]1O. The van der Waals surface area contributed by atoms with Gasteiger partial charge in [0.25, 0.3) is 0 Å². The Morgan fingerprint density at radius 2 is 2.17 bits per heavy atom. The van der Waals surface area contributed by atoms with Gasteiger partial charge in [0.15, 0.2) is 12.5 Å². The lowest BCUT2D eigenvalue weighted by Gasteiger charge is -2.58. The Kier molecular flexibility index (Phi) is 3.86. The number of para-hydroxylation sites is 1. The Labute approximate surface area is 170 Å². The largest absolute Gasteiger partial charge is 0.469 e. The van der Waals surface area contributed by atoms with Crippen molar-refractivity contribution in [3.05, 3.63) is 29.8 Å². The molecule has 0 bridgehead atoms. The summed E-state index contributed by atoms with van der Waals surface area (Å²) in [7, 11) is 1.42. The zero-order valence-corrected chi connectivity index (χ0v) is 16.7. The fourth-order valence-electron chi connectivity index (χ4n) is 7.04. The second-order valence-corrected chi connectivity index (χ2v) is 9.25. The number of nitrogens with one attached hydrogen (secondary N) is 1. The van der Waals surface area contributed by atoms with Gasteiger partial charge in [0.1, 0.15) is 5.60 Å². The summed E-state index contributed by atoms with van der Waals surface area (Å²) in [4.78, 5) is 15.1. The van der Waals surface area contributed by atoms with E-state index in [9.17, 15) is 9.90 Å². The van der Waals surface area contributed by atoms with Crippen molar-refractivity contribution in [2.75, 3.05) is 32.3 Å². The predicted molar refractivity (Wildman–Crippen MR) is 104 cm³/mol. The number of carbonyl (C=O) groups is 1. The highest BCUT2D eigenvalue weighted by Gasteiger charge is 2.71. The Morgan fingerprint density at radius 1 is 1.31 bits per heavy atom. The van der Waals surface area contributed by atoms with Crippen LogP contribution in [0.15, 0.2) is 24.3 Å². The van der Waals surface area contributed by atoms with Gasteiger partial charge in [0.05, 0.1) is 25.2 Å². The van der Waals surface area contributed by atoms with Crippen molar-refractivity contribution in [1.82, 2.24) is 4.90 Å². The van der Waals surface area contributed by atoms with Crippen LogP contribution in [0.3, 0.4) is 0 Å². The normalized spacial score (nSPS) is 45.2. The van der Waals surface area contributed by atoms with E-state index >= 15 is 0 Å². The topological polar surface area (TPSA) is 80.3 Å². The number of carbonyl (C=O) groups excluding carboxylic acids is 1. The fourth-order valence-corrected chi connectivity index (χ4v) is 7.04. The molecule has 4 fully saturated rings. The zero-order valence-electron chi connectivity index (χ0n) is 16.7. The lowest BCUT2D eigenvalue weighted by molar-refractivity contribution is -0.177. The first kappa shape index (κ1) is 18.1. The quantitative estimate of drug-likeness (QED) is 0.694. The van der Waals surface area contributed by atoms with Crippen LogP contribution in [0.2, 0.25) is 0 Å². The number of aliphatic hydroxyl groups is 1. The summed E-state index contributed by atoms with van der Waals surface area (Å²) in [5.41, 5.74) is 1.10. The monoisotopic (exact) mass is 400 g/mol. The van der Waals surface area contributed by atoms with E-state index < -0.39 is 23.3 Å². The molecule has 0 radical (unpaired) electrons. The number of hydrogen-bond donors (Lipinski definition) is 2. The molecule has 0 amide bonds. The molecule has 7 atom stereocenters. The van der Waals surface area contributed by atoms with E-state index in [1.165, 1.54) is 12.7 Å². The number of methoxy groups -OCH3 is 1. The molecule has 4 aliphatic heterocycles. The molecule has 0 spiro atoms. The van der Waals surface area contributed by atoms with Crippen molar-refractivity contribution < 1.29 is 24.1 Å². The molecule has 1 aromatic rings. The number of piperidine rings is 2. The highest BCUT2D eigenvalue weighted by Crippen LogP contribution is 2.61. The Balaban J connectivity index is 1.40. The van der Waals surface area contributed by atoms with Crippen LogP contribution in [-0.4, -0.2) is 60.8 Å². The van der Waals surface area contributed by atoms with Crippen molar-refractivity contribution in [2.45, 2.75) is 49.2 Å². The highest BCUT2D eigenvalue weighted by atomic mass is 16.7. The third kappa shape index (κ3) is 2.19. The van der Waals surface area contributed by atoms with Crippen molar-refractivity contribution in [1.29, 1.82) is 0 Å². The van der Waals surface area contributed by atoms with Crippen LogP contribution in [-0.2, 0) is 24.6 Å². The number of rotatable bonds is 1. The van der Waals surface area contributed by atoms with Gasteiger partial charge in [-0.05, 0) is 43.6 Å². The van der Waals surface area contributed by atoms with Gasteiger partial charge in [-0.25, -0.2) is 0 Å². The molecule has 7 heteroatoms. The second kappa shape index (κ2) is 6.17. The third-order valence-electron chi connectivity index (χ3n) is 8.29. The number of hydrogen-bond acceptors (Lipinski definition) is 7. The first-order chi connectivity index (χ1) is 14.1. The van der Waals surface area contributed by atoms with Crippen LogP contribution in [0.25, 0.3) is 0 Å². The number of benzene rings is 1. The van der Waals surface area contributed by atoms with Crippen molar-refractivity contribution in [3.8, 4) is 0 Å². The average molecular weight is 400 g/mol. The van der Waals surface area contributed by atoms with E-state index in [2.05, 4.69) is 28.4 Å². The molecule has 156 valence electrons. The summed E-state index contributed by atoms with van der Waals surface area (Å²) in [6.07, 6.45) is 2.65. The molecule has 29 heavy (non-hydrogen) atoms. The number of aliphatic hydroxyl groups excluding tert-OH is 1. The molecule has 4 heterocycles. The molecule has 1 aliphatic carbocycles. The molecule has 0 aromatic heterocycles. The minimum absolute atomic E-state index is 0.0739. The minimum atomic E-state index is -0.650. The number of nitrogens with zero attached hydrogens (tertiary/aromatic N) is 1. The van der Waals surface area contributed by atoms with Gasteiger partial charge >= 0.3 is 5.97 Å². The first-order valence-corrected chi connectivity index (χ1v) is 10.8. The third-order valence-corrected chi connectivity index (χ3v) is 8.29. The molecule has 7 nitrogen and oxygen atoms in total. The lowest BCUT2D eigenvalue weighted by atomic mass is 9.62. The van der Waals surface area contributed by atoms with Gasteiger partial charge in [-0.2, -0.15) is 0 Å². The standard InChI is InChI=1S/C22H28N2O5/c1-27-20(26)19-14-10-18-22-21(28-12-29-22,15-4-2-3-5-16(15)23-22)8-9-24(18)11-13(14)6-7-17(19)25/h2-5,13-14,17-19,23,25H,6-12H2,1H3/t13-,14-,17-,18-,19+,21-,22-/m0/s1. The Hall–Kier alpha value is -1.67. The first-order valence-electron chi connectivity index (χ1n) is 10.8. The number of anilines is 1. The molecule has 1 saturated carbocycles. The average Bonchev–Trinajstić information content (AvgIpc) is 3.25. The molecule has 1 aromatic carbocycles. The number of fused-ring (bicyclic) bond motifs is 3. The van der Waals surface area contributed by atoms with Gasteiger partial charge in [0.2, 0.25) is 0 Å². The van der Waals surface area contributed by atoms with Gasteiger partial charge in [0, 0.05) is 24.3 Å². The summed E-state index contributed by atoms with van der Waals surface area (Å²) in [6.45, 7) is 2.14. The van der Waals surface area contributed by atoms with Gasteiger partial charge in [-0.1, -0.05) is 18.2 Å². The van der Waals surface area contributed by atoms with E-state index in [1.54, 1.807) is 0 Å². The maximum Gasteiger partial charge on any atom is 0.311 e. The van der Waals surface area contributed by atoms with Crippen molar-refractivity contribution in [3.63, 3.8) is 0 Å². The molecule has 5 aliphatic rings. The van der Waals surface area contributed by atoms with Gasteiger partial charge in [-0.3, -0.25) is 9.69 Å². The minimum Gasteiger partial charge on any atom is -0.469 e. The summed E-state index contributed by atoms with van der Waals surface area (Å²) in [6, 6.07) is 8.39. The predicted octanol–water partition coefficient (Wildman–Crippen LogP) is 1.66. The van der Waals surface area contributed by atoms with Crippen molar-refractivity contribution in [2.24, 2.45) is 17.8 Å². The summed E-state index contributed by atoms with van der Waals surface area (Å²) < 4.78 is 17.8. The van der Waals surface area contributed by atoms with E-state index in [4.69, 9.17) is 14.2 Å². The molecule has 2 N–H and O–H groups in total. The van der Waals surface area contributed by atoms with Crippen LogP contribution in [0.4, 0.5) is 5.69 Å². The summed E-state index contributed by atoms with van der Waals surface area (Å²) in [5, 5.41) is 14.3. The van der Waals surface area contributed by atoms with Crippen LogP contribution in [0.1, 0.15) is 31.2 Å². The lowest BCUT2D eigenvalue weighted by Crippen LogP contribution is -2.71. The van der Waals surface area contributed by atoms with E-state index in [-0.39, 0.29) is 24.7 Å². The number of ether oxygens (including phenoxy) is 3. The smallest absolute Gasteiger partial charge is 0.311 e. The molecular formula is C22H28N2O5. The molecular weight excluding hydrogens is 372 g/mol. The highest BCUT2D eigenvalue weighted by molar-refractivity contribution is 5.73. The fraction of sp³-hybridized carbons (Fsp3) is 0.682. The summed E-state index contributed by atoms with van der Waals surface area (Å²) >= 11 is 0. The van der Waals surface area contributed by atoms with E-state index in [1.807, 2.05) is 6.07 Å². The molecule has 3 saturated heterocycles. The van der Waals surface area contributed by atoms with Crippen LogP contribution >= 0.6 is 0 Å². The maximum absolute atomic E-state index is 12.6. The van der Waals surface area contributed by atoms with Gasteiger partial charge in [-0.15, -0.1) is 0 Å². The van der Waals surface area contributed by atoms with Gasteiger partial charge < -0.3 is 24.6 Å². The number of esters is 1. The van der Waals surface area contributed by atoms with E-state index in [0.717, 1.165) is 38.0 Å².